The molecule has 0 radical (unpaired) electrons. The van der Waals surface area contributed by atoms with Crippen LogP contribution in [0.2, 0.25) is 0 Å². The van der Waals surface area contributed by atoms with Gasteiger partial charge in [-0.05, 0) is 62.3 Å². The topological polar surface area (TPSA) is 66.9 Å². The summed E-state index contributed by atoms with van der Waals surface area (Å²) in [6.07, 6.45) is 2.56. The van der Waals surface area contributed by atoms with Crippen LogP contribution in [0, 0.1) is 13.8 Å². The highest BCUT2D eigenvalue weighted by atomic mass is 16.5. The summed E-state index contributed by atoms with van der Waals surface area (Å²) < 4.78 is 5.07. The van der Waals surface area contributed by atoms with Gasteiger partial charge in [-0.2, -0.15) is 0 Å². The van der Waals surface area contributed by atoms with Crippen molar-refractivity contribution in [1.29, 1.82) is 0 Å². The van der Waals surface area contributed by atoms with Gasteiger partial charge in [0, 0.05) is 44.2 Å². The molecule has 2 aromatic carbocycles. The van der Waals surface area contributed by atoms with Gasteiger partial charge in [-0.25, -0.2) is 0 Å². The summed E-state index contributed by atoms with van der Waals surface area (Å²) >= 11 is 0. The van der Waals surface area contributed by atoms with E-state index in [-0.39, 0.29) is 30.6 Å². The Morgan fingerprint density at radius 3 is 1.86 bits per heavy atom. The van der Waals surface area contributed by atoms with Crippen LogP contribution < -0.4 is 9.80 Å². The molecule has 0 saturated heterocycles. The van der Waals surface area contributed by atoms with Crippen molar-refractivity contribution < 1.29 is 19.1 Å². The molecule has 6 nitrogen and oxygen atoms in total. The van der Waals surface area contributed by atoms with Crippen molar-refractivity contribution in [2.45, 2.75) is 73.6 Å². The van der Waals surface area contributed by atoms with Crippen molar-refractivity contribution >= 4 is 29.2 Å². The number of hydrogen-bond acceptors (Lipinski definition) is 4. The normalized spacial score (nSPS) is 10.7. The maximum absolute atomic E-state index is 13.7. The lowest BCUT2D eigenvalue weighted by Gasteiger charge is -2.30. The van der Waals surface area contributed by atoms with Crippen molar-refractivity contribution in [3.8, 4) is 0 Å². The summed E-state index contributed by atoms with van der Waals surface area (Å²) in [5.41, 5.74) is 6.02. The second kappa shape index (κ2) is 13.7. The molecule has 0 heterocycles. The molecule has 0 aliphatic heterocycles. The molecule has 0 fully saturated rings. The third-order valence-electron chi connectivity index (χ3n) is 6.24. The van der Waals surface area contributed by atoms with Gasteiger partial charge >= 0.3 is 5.97 Å². The van der Waals surface area contributed by atoms with Gasteiger partial charge in [0.25, 0.3) is 0 Å². The number of aryl methyl sites for hydroxylation is 4. The summed E-state index contributed by atoms with van der Waals surface area (Å²) in [4.78, 5) is 41.7. The van der Waals surface area contributed by atoms with Crippen LogP contribution in [0.25, 0.3) is 0 Å². The Hall–Kier alpha value is -3.15. The van der Waals surface area contributed by atoms with E-state index in [0.29, 0.717) is 26.1 Å². The van der Waals surface area contributed by atoms with Crippen LogP contribution in [0.1, 0.15) is 69.2 Å². The van der Waals surface area contributed by atoms with E-state index in [1.165, 1.54) is 6.92 Å². The largest absolute Gasteiger partial charge is 0.466 e. The van der Waals surface area contributed by atoms with Gasteiger partial charge in [-0.15, -0.1) is 0 Å². The number of ether oxygens (including phenoxy) is 1. The minimum absolute atomic E-state index is 0.0538. The zero-order valence-corrected chi connectivity index (χ0v) is 22.1. The molecule has 0 saturated carbocycles. The third kappa shape index (κ3) is 7.41. The number of rotatable bonds is 12. The Morgan fingerprint density at radius 1 is 0.771 bits per heavy atom. The van der Waals surface area contributed by atoms with Crippen molar-refractivity contribution in [3.63, 3.8) is 0 Å². The first-order valence-corrected chi connectivity index (χ1v) is 12.7. The fourth-order valence-electron chi connectivity index (χ4n) is 4.54. The molecule has 0 N–H and O–H groups in total. The molecule has 0 bridgehead atoms. The Kier molecular flexibility index (Phi) is 11.0. The number of nitrogens with zero attached hydrogens (tertiary/aromatic N) is 2. The van der Waals surface area contributed by atoms with E-state index in [9.17, 15) is 14.4 Å². The zero-order chi connectivity index (χ0) is 26.0. The molecule has 35 heavy (non-hydrogen) atoms. The number of para-hydroxylation sites is 2. The molecule has 6 heteroatoms. The van der Waals surface area contributed by atoms with Gasteiger partial charge in [-0.1, -0.05) is 50.2 Å². The second-order valence-electron chi connectivity index (χ2n) is 8.75. The minimum atomic E-state index is -0.253. The fourth-order valence-corrected chi connectivity index (χ4v) is 4.54. The third-order valence-corrected chi connectivity index (χ3v) is 6.24. The smallest absolute Gasteiger partial charge is 0.305 e. The molecule has 0 spiro atoms. The monoisotopic (exact) mass is 480 g/mol. The zero-order valence-electron chi connectivity index (χ0n) is 22.1. The minimum Gasteiger partial charge on any atom is -0.466 e. The van der Waals surface area contributed by atoms with E-state index >= 15 is 0 Å². The number of amides is 2. The summed E-state index contributed by atoms with van der Waals surface area (Å²) in [7, 11) is 0. The van der Waals surface area contributed by atoms with Gasteiger partial charge < -0.3 is 14.5 Å². The number of anilines is 2. The molecule has 190 valence electrons. The lowest BCUT2D eigenvalue weighted by atomic mass is 10.0. The number of carbonyl (C=O) groups excluding carboxylic acids is 3. The quantitative estimate of drug-likeness (QED) is 0.374. The highest BCUT2D eigenvalue weighted by Crippen LogP contribution is 2.29. The first-order chi connectivity index (χ1) is 16.7. The highest BCUT2D eigenvalue weighted by molar-refractivity contribution is 5.98. The molecule has 0 aliphatic carbocycles. The Morgan fingerprint density at radius 2 is 1.34 bits per heavy atom. The van der Waals surface area contributed by atoms with E-state index < -0.39 is 0 Å². The molecule has 0 atom stereocenters. The van der Waals surface area contributed by atoms with E-state index in [0.717, 1.165) is 46.5 Å². The molecule has 2 amide bonds. The molecular formula is C29H40N2O4. The van der Waals surface area contributed by atoms with Crippen molar-refractivity contribution in [3.05, 3.63) is 58.7 Å². The van der Waals surface area contributed by atoms with Crippen LogP contribution in [0.15, 0.2) is 36.4 Å². The fraction of sp³-hybridized carbons (Fsp3) is 0.483. The van der Waals surface area contributed by atoms with Crippen molar-refractivity contribution in [1.82, 2.24) is 0 Å². The first-order valence-electron chi connectivity index (χ1n) is 12.7. The standard InChI is InChI=1S/C29H40N2O4/c1-7-24-15-11-16-25(8-2)29(24)31(19-12-17-27(34)35-9-3)26(33)18-20-30(23(6)32)28-21(4)13-10-14-22(28)5/h10-11,13-16H,7-9,12,17-20H2,1-6H3. The maximum Gasteiger partial charge on any atom is 0.305 e. The Labute approximate surface area is 210 Å². The molecule has 2 aromatic rings. The first kappa shape index (κ1) is 28.1. The van der Waals surface area contributed by atoms with Crippen molar-refractivity contribution in [2.75, 3.05) is 29.5 Å². The summed E-state index contributed by atoms with van der Waals surface area (Å²) in [5.74, 6) is -0.397. The van der Waals surface area contributed by atoms with Crippen LogP contribution >= 0.6 is 0 Å². The molecular weight excluding hydrogens is 440 g/mol. The number of hydrogen-bond donors (Lipinski definition) is 0. The predicted molar refractivity (Wildman–Crippen MR) is 142 cm³/mol. The number of esters is 1. The molecule has 0 aliphatic rings. The van der Waals surface area contributed by atoms with Crippen LogP contribution in [-0.2, 0) is 32.0 Å². The average molecular weight is 481 g/mol. The number of carbonyl (C=O) groups is 3. The lowest BCUT2D eigenvalue weighted by Crippen LogP contribution is -2.38. The SMILES string of the molecule is CCOC(=O)CCCN(C(=O)CCN(C(C)=O)c1c(C)cccc1C)c1c(CC)cccc1CC. The lowest BCUT2D eigenvalue weighted by molar-refractivity contribution is -0.143. The van der Waals surface area contributed by atoms with Gasteiger partial charge in [0.2, 0.25) is 11.8 Å². The molecule has 0 unspecified atom stereocenters. The average Bonchev–Trinajstić information content (AvgIpc) is 2.83. The van der Waals surface area contributed by atoms with Crippen LogP contribution in [0.3, 0.4) is 0 Å². The van der Waals surface area contributed by atoms with Gasteiger partial charge in [0.1, 0.15) is 0 Å². The predicted octanol–water partition coefficient (Wildman–Crippen LogP) is 5.55. The Balaban J connectivity index is 2.33. The molecule has 2 rings (SSSR count). The molecule has 0 aromatic heterocycles. The van der Waals surface area contributed by atoms with Gasteiger partial charge in [-0.3, -0.25) is 14.4 Å². The van der Waals surface area contributed by atoms with E-state index in [4.69, 9.17) is 4.74 Å². The van der Waals surface area contributed by atoms with Gasteiger partial charge in [0.05, 0.1) is 6.61 Å². The van der Waals surface area contributed by atoms with Crippen LogP contribution in [0.5, 0.6) is 0 Å². The summed E-state index contributed by atoms with van der Waals surface area (Å²) in [5, 5.41) is 0. The van der Waals surface area contributed by atoms with Gasteiger partial charge in [0.15, 0.2) is 0 Å². The summed E-state index contributed by atoms with van der Waals surface area (Å²) in [6, 6.07) is 12.1. The van der Waals surface area contributed by atoms with Crippen LogP contribution in [-0.4, -0.2) is 37.5 Å². The van der Waals surface area contributed by atoms with E-state index in [1.54, 1.807) is 11.8 Å². The second-order valence-corrected chi connectivity index (χ2v) is 8.75. The number of benzene rings is 2. The van der Waals surface area contributed by atoms with E-state index in [1.807, 2.05) is 43.0 Å². The maximum atomic E-state index is 13.7. The highest BCUT2D eigenvalue weighted by Gasteiger charge is 2.24. The Bertz CT molecular complexity index is 989. The van der Waals surface area contributed by atoms with E-state index in [2.05, 4.69) is 26.0 Å². The summed E-state index contributed by atoms with van der Waals surface area (Å²) in [6.45, 7) is 12.5. The van der Waals surface area contributed by atoms with Crippen molar-refractivity contribution in [2.24, 2.45) is 0 Å². The van der Waals surface area contributed by atoms with Crippen LogP contribution in [0.4, 0.5) is 11.4 Å².